The first-order valence-electron chi connectivity index (χ1n) is 8.80. The average molecular weight is 370 g/mol. The topological polar surface area (TPSA) is 67.9 Å². The Morgan fingerprint density at radius 2 is 1.78 bits per heavy atom. The maximum absolute atomic E-state index is 12.4. The molecule has 144 valence electrons. The van der Waals surface area contributed by atoms with E-state index in [1.807, 2.05) is 36.4 Å². The van der Waals surface area contributed by atoms with Crippen LogP contribution in [0.3, 0.4) is 0 Å². The molecular formula is C21H26N2O4. The van der Waals surface area contributed by atoms with Gasteiger partial charge >= 0.3 is 0 Å². The average Bonchev–Trinajstić information content (AvgIpc) is 2.66. The van der Waals surface area contributed by atoms with Gasteiger partial charge in [-0.05, 0) is 43.2 Å². The second-order valence-corrected chi connectivity index (χ2v) is 6.39. The van der Waals surface area contributed by atoms with Gasteiger partial charge in [0.2, 0.25) is 5.91 Å². The highest BCUT2D eigenvalue weighted by Gasteiger charge is 2.17. The van der Waals surface area contributed by atoms with Gasteiger partial charge in [0.1, 0.15) is 0 Å². The van der Waals surface area contributed by atoms with E-state index in [9.17, 15) is 9.59 Å². The van der Waals surface area contributed by atoms with Gasteiger partial charge in [-0.15, -0.1) is 0 Å². The first-order valence-corrected chi connectivity index (χ1v) is 8.80. The van der Waals surface area contributed by atoms with Gasteiger partial charge in [0, 0.05) is 26.2 Å². The molecule has 0 bridgehead atoms. The van der Waals surface area contributed by atoms with E-state index in [-0.39, 0.29) is 11.8 Å². The van der Waals surface area contributed by atoms with Crippen molar-refractivity contribution in [3.05, 3.63) is 54.1 Å². The van der Waals surface area contributed by atoms with Gasteiger partial charge in [-0.2, -0.15) is 0 Å². The summed E-state index contributed by atoms with van der Waals surface area (Å²) in [5.74, 6) is 0.897. The van der Waals surface area contributed by atoms with E-state index in [1.54, 1.807) is 45.2 Å². The fraction of sp³-hybridized carbons (Fsp3) is 0.333. The van der Waals surface area contributed by atoms with E-state index in [2.05, 4.69) is 5.32 Å². The van der Waals surface area contributed by atoms with Crippen molar-refractivity contribution in [1.82, 2.24) is 4.90 Å². The Hall–Kier alpha value is -3.02. The summed E-state index contributed by atoms with van der Waals surface area (Å²) < 4.78 is 11.0. The zero-order chi connectivity index (χ0) is 19.8. The molecule has 0 aliphatic rings. The van der Waals surface area contributed by atoms with Crippen LogP contribution in [0.4, 0.5) is 5.69 Å². The van der Waals surface area contributed by atoms with Crippen LogP contribution in [0, 0.1) is 0 Å². The van der Waals surface area contributed by atoms with E-state index in [1.165, 1.54) is 0 Å². The lowest BCUT2D eigenvalue weighted by molar-refractivity contribution is -0.128. The van der Waals surface area contributed by atoms with Gasteiger partial charge in [-0.25, -0.2) is 0 Å². The summed E-state index contributed by atoms with van der Waals surface area (Å²) >= 11 is 0. The number of methoxy groups -OCH3 is 1. The molecular weight excluding hydrogens is 344 g/mol. The molecule has 6 heteroatoms. The number of rotatable bonds is 8. The Bertz CT molecular complexity index is 789. The Balaban J connectivity index is 1.96. The molecule has 27 heavy (non-hydrogen) atoms. The number of carbonyl (C=O) groups is 2. The summed E-state index contributed by atoms with van der Waals surface area (Å²) in [5.41, 5.74) is 1.66. The van der Waals surface area contributed by atoms with Gasteiger partial charge < -0.3 is 19.7 Å². The number of para-hydroxylation sites is 2. The molecule has 0 heterocycles. The molecule has 0 aliphatic heterocycles. The van der Waals surface area contributed by atoms with Crippen LogP contribution in [0.15, 0.2) is 48.5 Å². The van der Waals surface area contributed by atoms with Crippen LogP contribution in [0.2, 0.25) is 0 Å². The molecule has 6 nitrogen and oxygen atoms in total. The molecule has 1 atom stereocenters. The number of hydrogen-bond donors (Lipinski definition) is 1. The summed E-state index contributed by atoms with van der Waals surface area (Å²) in [6, 6.07) is 14.7. The minimum atomic E-state index is -0.694. The predicted molar refractivity (Wildman–Crippen MR) is 105 cm³/mol. The standard InChI is InChI=1S/C21H26N2O4/c1-15(27-19-11-6-5-10-18(19)26-4)21(25)22-17-9-7-8-16(14-17)12-13-20(24)23(2)3/h5-11,14-15H,12-13H2,1-4H3,(H,22,25). The lowest BCUT2D eigenvalue weighted by Crippen LogP contribution is -2.30. The molecule has 1 unspecified atom stereocenters. The Labute approximate surface area is 160 Å². The van der Waals surface area contributed by atoms with Gasteiger partial charge in [-0.1, -0.05) is 24.3 Å². The quantitative estimate of drug-likeness (QED) is 0.775. The maximum Gasteiger partial charge on any atom is 0.265 e. The zero-order valence-corrected chi connectivity index (χ0v) is 16.2. The third-order valence-electron chi connectivity index (χ3n) is 4.06. The van der Waals surface area contributed by atoms with Gasteiger partial charge in [0.05, 0.1) is 7.11 Å². The summed E-state index contributed by atoms with van der Waals surface area (Å²) in [7, 11) is 5.03. The SMILES string of the molecule is COc1ccccc1OC(C)C(=O)Nc1cccc(CCC(=O)N(C)C)c1. The molecule has 2 rings (SSSR count). The number of ether oxygens (including phenoxy) is 2. The highest BCUT2D eigenvalue weighted by Crippen LogP contribution is 2.27. The number of amides is 2. The second kappa shape index (κ2) is 9.62. The summed E-state index contributed by atoms with van der Waals surface area (Å²) in [6.45, 7) is 1.68. The highest BCUT2D eigenvalue weighted by molar-refractivity contribution is 5.94. The van der Waals surface area contributed by atoms with Crippen molar-refractivity contribution in [2.45, 2.75) is 25.9 Å². The Morgan fingerprint density at radius 1 is 1.07 bits per heavy atom. The molecule has 2 aromatic rings. The number of aryl methyl sites for hydroxylation is 1. The molecule has 2 aromatic carbocycles. The van der Waals surface area contributed by atoms with Crippen LogP contribution < -0.4 is 14.8 Å². The predicted octanol–water partition coefficient (Wildman–Crippen LogP) is 3.12. The first-order chi connectivity index (χ1) is 12.9. The molecule has 0 fully saturated rings. The van der Waals surface area contributed by atoms with Crippen molar-refractivity contribution in [2.75, 3.05) is 26.5 Å². The number of nitrogens with one attached hydrogen (secondary N) is 1. The number of nitrogens with zero attached hydrogens (tertiary/aromatic N) is 1. The Morgan fingerprint density at radius 3 is 2.44 bits per heavy atom. The maximum atomic E-state index is 12.4. The monoisotopic (exact) mass is 370 g/mol. The van der Waals surface area contributed by atoms with Crippen molar-refractivity contribution >= 4 is 17.5 Å². The molecule has 0 aliphatic carbocycles. The van der Waals surface area contributed by atoms with E-state index in [4.69, 9.17) is 9.47 Å². The van der Waals surface area contributed by atoms with Crippen molar-refractivity contribution in [2.24, 2.45) is 0 Å². The summed E-state index contributed by atoms with van der Waals surface area (Å²) in [6.07, 6.45) is 0.353. The van der Waals surface area contributed by atoms with E-state index in [0.29, 0.717) is 30.0 Å². The fourth-order valence-electron chi connectivity index (χ4n) is 2.48. The van der Waals surface area contributed by atoms with Crippen molar-refractivity contribution in [3.8, 4) is 11.5 Å². The van der Waals surface area contributed by atoms with Crippen LogP contribution in [-0.4, -0.2) is 44.0 Å². The van der Waals surface area contributed by atoms with Gasteiger partial charge in [0.25, 0.3) is 5.91 Å². The second-order valence-electron chi connectivity index (χ2n) is 6.39. The molecule has 0 saturated carbocycles. The third kappa shape index (κ3) is 6.02. The zero-order valence-electron chi connectivity index (χ0n) is 16.2. The van der Waals surface area contributed by atoms with E-state index < -0.39 is 6.10 Å². The normalized spacial score (nSPS) is 11.4. The van der Waals surface area contributed by atoms with Crippen LogP contribution in [0.25, 0.3) is 0 Å². The Kier molecular flexibility index (Phi) is 7.23. The molecule has 0 spiro atoms. The summed E-state index contributed by atoms with van der Waals surface area (Å²) in [4.78, 5) is 25.7. The number of hydrogen-bond acceptors (Lipinski definition) is 4. The van der Waals surface area contributed by atoms with Crippen molar-refractivity contribution < 1.29 is 19.1 Å². The van der Waals surface area contributed by atoms with Gasteiger partial charge in [-0.3, -0.25) is 9.59 Å². The minimum absolute atomic E-state index is 0.0725. The first kappa shape index (κ1) is 20.3. The number of anilines is 1. The van der Waals surface area contributed by atoms with Crippen LogP contribution >= 0.6 is 0 Å². The summed E-state index contributed by atoms with van der Waals surface area (Å²) in [5, 5.41) is 2.85. The molecule has 2 amide bonds. The largest absolute Gasteiger partial charge is 0.493 e. The van der Waals surface area contributed by atoms with Crippen LogP contribution in [0.1, 0.15) is 18.9 Å². The van der Waals surface area contributed by atoms with Crippen molar-refractivity contribution in [1.29, 1.82) is 0 Å². The molecule has 0 aromatic heterocycles. The molecule has 1 N–H and O–H groups in total. The molecule has 0 saturated heterocycles. The number of benzene rings is 2. The highest BCUT2D eigenvalue weighted by atomic mass is 16.5. The van der Waals surface area contributed by atoms with Crippen LogP contribution in [0.5, 0.6) is 11.5 Å². The third-order valence-corrected chi connectivity index (χ3v) is 4.06. The fourth-order valence-corrected chi connectivity index (χ4v) is 2.48. The van der Waals surface area contributed by atoms with Crippen molar-refractivity contribution in [3.63, 3.8) is 0 Å². The van der Waals surface area contributed by atoms with E-state index >= 15 is 0 Å². The van der Waals surface area contributed by atoms with Gasteiger partial charge in [0.15, 0.2) is 17.6 Å². The minimum Gasteiger partial charge on any atom is -0.493 e. The van der Waals surface area contributed by atoms with Crippen LogP contribution in [-0.2, 0) is 16.0 Å². The van der Waals surface area contributed by atoms with E-state index in [0.717, 1.165) is 5.56 Å². The smallest absolute Gasteiger partial charge is 0.265 e. The lowest BCUT2D eigenvalue weighted by atomic mass is 10.1. The lowest BCUT2D eigenvalue weighted by Gasteiger charge is -2.17. The molecule has 0 radical (unpaired) electrons. The number of carbonyl (C=O) groups excluding carboxylic acids is 2.